The first-order valence-electron chi connectivity index (χ1n) is 7.64. The largest absolute Gasteiger partial charge is 0.456 e. The molecule has 2 aliphatic rings. The molecular formula is C17H16N6O. The number of hydrazine groups is 1. The van der Waals surface area contributed by atoms with Crippen molar-refractivity contribution in [2.24, 2.45) is 10.3 Å². The second-order valence-electron chi connectivity index (χ2n) is 5.26. The summed E-state index contributed by atoms with van der Waals surface area (Å²) in [7, 11) is 0. The fourth-order valence-corrected chi connectivity index (χ4v) is 2.37. The Balaban J connectivity index is 1.42. The topological polar surface area (TPSA) is 74.1 Å². The predicted octanol–water partition coefficient (Wildman–Crippen LogP) is 2.85. The van der Waals surface area contributed by atoms with E-state index in [1.807, 2.05) is 60.8 Å². The van der Waals surface area contributed by atoms with E-state index in [9.17, 15) is 0 Å². The third kappa shape index (κ3) is 3.11. The van der Waals surface area contributed by atoms with Crippen LogP contribution in [0.15, 0.2) is 83.1 Å². The Kier molecular flexibility index (Phi) is 3.91. The molecule has 2 N–H and O–H groups in total. The SMILES string of the molecule is C1=CC(Oc2ccc(N3N=NC(c4ccccn4)N3)cc2)=CNC1. The van der Waals surface area contributed by atoms with Crippen molar-refractivity contribution < 1.29 is 4.74 Å². The van der Waals surface area contributed by atoms with Gasteiger partial charge in [0.15, 0.2) is 6.17 Å². The van der Waals surface area contributed by atoms with Gasteiger partial charge in [-0.15, -0.1) is 5.11 Å². The maximum absolute atomic E-state index is 5.77. The van der Waals surface area contributed by atoms with E-state index < -0.39 is 0 Å². The average Bonchev–Trinajstić information content (AvgIpc) is 3.14. The standard InChI is InChI=1S/C17H16N6O/c1-2-11-19-16(5-1)17-20-22-23(21-17)13-6-8-14(9-7-13)24-15-4-3-10-18-12-15/h1-9,11-12,17-18,21H,10H2. The van der Waals surface area contributed by atoms with Crippen LogP contribution in [0.4, 0.5) is 5.69 Å². The van der Waals surface area contributed by atoms with Gasteiger partial charge in [0.2, 0.25) is 0 Å². The number of rotatable bonds is 4. The zero-order valence-corrected chi connectivity index (χ0v) is 12.8. The van der Waals surface area contributed by atoms with Gasteiger partial charge in [0.25, 0.3) is 0 Å². The molecule has 7 heteroatoms. The summed E-state index contributed by atoms with van der Waals surface area (Å²) in [4.78, 5) is 4.29. The van der Waals surface area contributed by atoms with Crippen molar-refractivity contribution in [3.8, 4) is 5.75 Å². The third-order valence-corrected chi connectivity index (χ3v) is 3.55. The monoisotopic (exact) mass is 320 g/mol. The Bertz CT molecular complexity index is 784. The van der Waals surface area contributed by atoms with E-state index in [2.05, 4.69) is 26.1 Å². The minimum atomic E-state index is -0.272. The fraction of sp³-hybridized carbons (Fsp3) is 0.118. The molecular weight excluding hydrogens is 304 g/mol. The smallest absolute Gasteiger partial charge is 0.183 e. The van der Waals surface area contributed by atoms with Crippen LogP contribution in [0.3, 0.4) is 0 Å². The van der Waals surface area contributed by atoms with Crippen molar-refractivity contribution in [3.63, 3.8) is 0 Å². The Morgan fingerprint density at radius 1 is 1.12 bits per heavy atom. The Hall–Kier alpha value is -3.19. The Morgan fingerprint density at radius 2 is 2.04 bits per heavy atom. The lowest BCUT2D eigenvalue weighted by Gasteiger charge is -2.16. The van der Waals surface area contributed by atoms with Gasteiger partial charge in [-0.1, -0.05) is 17.4 Å². The summed E-state index contributed by atoms with van der Waals surface area (Å²) < 4.78 is 5.77. The first-order chi connectivity index (χ1) is 11.9. The normalized spacial score (nSPS) is 19.1. The van der Waals surface area contributed by atoms with Crippen LogP contribution in [0, 0.1) is 0 Å². The van der Waals surface area contributed by atoms with Gasteiger partial charge in [0.1, 0.15) is 11.5 Å². The molecule has 0 bridgehead atoms. The van der Waals surface area contributed by atoms with Gasteiger partial charge in [0, 0.05) is 18.9 Å². The zero-order valence-electron chi connectivity index (χ0n) is 12.8. The highest BCUT2D eigenvalue weighted by Crippen LogP contribution is 2.26. The summed E-state index contributed by atoms with van der Waals surface area (Å²) >= 11 is 0. The second kappa shape index (κ2) is 6.51. The van der Waals surface area contributed by atoms with E-state index >= 15 is 0 Å². The van der Waals surface area contributed by atoms with Gasteiger partial charge >= 0.3 is 0 Å². The first kappa shape index (κ1) is 14.4. The van der Waals surface area contributed by atoms with Crippen molar-refractivity contribution in [1.82, 2.24) is 15.7 Å². The van der Waals surface area contributed by atoms with Crippen LogP contribution in [-0.4, -0.2) is 11.5 Å². The van der Waals surface area contributed by atoms with Crippen LogP contribution in [0.1, 0.15) is 11.9 Å². The molecule has 0 saturated heterocycles. The van der Waals surface area contributed by atoms with Crippen molar-refractivity contribution in [3.05, 3.63) is 78.5 Å². The fourth-order valence-electron chi connectivity index (χ4n) is 2.37. The van der Waals surface area contributed by atoms with Crippen LogP contribution in [0.5, 0.6) is 5.75 Å². The van der Waals surface area contributed by atoms with Crippen LogP contribution in [0.25, 0.3) is 0 Å². The maximum atomic E-state index is 5.77. The molecule has 0 amide bonds. The number of nitrogens with one attached hydrogen (secondary N) is 2. The number of anilines is 1. The van der Waals surface area contributed by atoms with E-state index in [-0.39, 0.29) is 6.17 Å². The molecule has 120 valence electrons. The number of dihydropyridines is 1. The van der Waals surface area contributed by atoms with Gasteiger partial charge in [-0.05, 0) is 42.5 Å². The summed E-state index contributed by atoms with van der Waals surface area (Å²) in [5, 5.41) is 13.1. The predicted molar refractivity (Wildman–Crippen MR) is 89.7 cm³/mol. The number of ether oxygens (including phenoxy) is 1. The van der Waals surface area contributed by atoms with Crippen LogP contribution < -0.4 is 20.6 Å². The minimum absolute atomic E-state index is 0.272. The average molecular weight is 320 g/mol. The van der Waals surface area contributed by atoms with Gasteiger partial charge in [-0.25, -0.2) is 0 Å². The number of benzene rings is 1. The molecule has 4 rings (SSSR count). The second-order valence-corrected chi connectivity index (χ2v) is 5.26. The Labute approximate surface area is 139 Å². The highest BCUT2D eigenvalue weighted by molar-refractivity contribution is 5.48. The van der Waals surface area contributed by atoms with Gasteiger partial charge in [-0.2, -0.15) is 10.5 Å². The molecule has 1 aromatic carbocycles. The zero-order chi connectivity index (χ0) is 16.2. The quantitative estimate of drug-likeness (QED) is 0.906. The summed E-state index contributed by atoms with van der Waals surface area (Å²) in [5.74, 6) is 1.54. The lowest BCUT2D eigenvalue weighted by Crippen LogP contribution is -2.30. The minimum Gasteiger partial charge on any atom is -0.456 e. The molecule has 2 aromatic rings. The van der Waals surface area contributed by atoms with Gasteiger partial charge in [0.05, 0.1) is 11.4 Å². The first-order valence-corrected chi connectivity index (χ1v) is 7.64. The maximum Gasteiger partial charge on any atom is 0.183 e. The van der Waals surface area contributed by atoms with E-state index in [1.165, 1.54) is 0 Å². The molecule has 0 fully saturated rings. The van der Waals surface area contributed by atoms with E-state index in [0.717, 1.165) is 29.4 Å². The molecule has 24 heavy (non-hydrogen) atoms. The van der Waals surface area contributed by atoms with Gasteiger partial charge in [-0.3, -0.25) is 4.98 Å². The Morgan fingerprint density at radius 3 is 2.79 bits per heavy atom. The molecule has 3 heterocycles. The van der Waals surface area contributed by atoms with Crippen molar-refractivity contribution in [2.45, 2.75) is 6.17 Å². The van der Waals surface area contributed by atoms with E-state index in [1.54, 1.807) is 11.3 Å². The molecule has 2 aliphatic heterocycles. The highest BCUT2D eigenvalue weighted by atomic mass is 16.5. The van der Waals surface area contributed by atoms with Crippen LogP contribution >= 0.6 is 0 Å². The summed E-state index contributed by atoms with van der Waals surface area (Å²) in [5.41, 5.74) is 4.89. The van der Waals surface area contributed by atoms with E-state index in [0.29, 0.717) is 0 Å². The number of allylic oxidation sites excluding steroid dienone is 1. The molecule has 7 nitrogen and oxygen atoms in total. The number of hydrogen-bond donors (Lipinski definition) is 2. The number of pyridine rings is 1. The molecule has 1 unspecified atom stereocenters. The molecule has 0 aliphatic carbocycles. The molecule has 0 radical (unpaired) electrons. The van der Waals surface area contributed by atoms with Crippen molar-refractivity contribution in [1.29, 1.82) is 0 Å². The molecule has 1 atom stereocenters. The summed E-state index contributed by atoms with van der Waals surface area (Å²) in [6.45, 7) is 0.828. The summed E-state index contributed by atoms with van der Waals surface area (Å²) in [6.07, 6.45) is 7.27. The third-order valence-electron chi connectivity index (χ3n) is 3.55. The number of nitrogens with zero attached hydrogens (tertiary/aromatic N) is 4. The number of aromatic nitrogens is 1. The molecule has 1 aromatic heterocycles. The van der Waals surface area contributed by atoms with Crippen LogP contribution in [0.2, 0.25) is 0 Å². The summed E-state index contributed by atoms with van der Waals surface area (Å²) in [6, 6.07) is 13.3. The lowest BCUT2D eigenvalue weighted by atomic mass is 10.3. The molecule has 0 spiro atoms. The molecule has 0 saturated carbocycles. The highest BCUT2D eigenvalue weighted by Gasteiger charge is 2.22. The van der Waals surface area contributed by atoms with Gasteiger partial charge < -0.3 is 10.1 Å². The van der Waals surface area contributed by atoms with Crippen molar-refractivity contribution >= 4 is 5.69 Å². The number of hydrogen-bond acceptors (Lipinski definition) is 7. The lowest BCUT2D eigenvalue weighted by molar-refractivity contribution is 0.437. The van der Waals surface area contributed by atoms with E-state index in [4.69, 9.17) is 4.74 Å². The van der Waals surface area contributed by atoms with Crippen molar-refractivity contribution in [2.75, 3.05) is 11.7 Å². The van der Waals surface area contributed by atoms with Crippen LogP contribution in [-0.2, 0) is 0 Å².